The maximum absolute atomic E-state index is 13.3. The van der Waals surface area contributed by atoms with E-state index in [0.717, 1.165) is 10.5 Å². The van der Waals surface area contributed by atoms with E-state index in [-0.39, 0.29) is 18.5 Å². The lowest BCUT2D eigenvalue weighted by atomic mass is 9.87. The fourth-order valence-electron chi connectivity index (χ4n) is 3.71. The van der Waals surface area contributed by atoms with E-state index in [1.165, 1.54) is 0 Å². The van der Waals surface area contributed by atoms with Gasteiger partial charge >= 0.3 is 6.03 Å². The van der Waals surface area contributed by atoms with Gasteiger partial charge in [0, 0.05) is 17.6 Å². The number of carbonyl (C=O) groups excluding carboxylic acids is 3. The summed E-state index contributed by atoms with van der Waals surface area (Å²) < 4.78 is 0. The van der Waals surface area contributed by atoms with Gasteiger partial charge in [0.05, 0.1) is 0 Å². The zero-order valence-corrected chi connectivity index (χ0v) is 18.1. The number of rotatable bonds is 7. The Labute approximate surface area is 181 Å². The second-order valence-corrected chi connectivity index (χ2v) is 8.12. The van der Waals surface area contributed by atoms with Gasteiger partial charge in [-0.15, -0.1) is 0 Å². The number of imide groups is 1. The fraction of sp³-hybridized carbons (Fsp3) is 0.348. The molecule has 1 N–H and O–H groups in total. The van der Waals surface area contributed by atoms with Crippen molar-refractivity contribution < 1.29 is 14.4 Å². The molecule has 2 aromatic carbocycles. The molecule has 0 radical (unpaired) electrons. The quantitative estimate of drug-likeness (QED) is 0.680. The van der Waals surface area contributed by atoms with E-state index in [4.69, 9.17) is 11.6 Å². The molecule has 0 saturated carbocycles. The minimum Gasteiger partial charge on any atom is -0.334 e. The maximum atomic E-state index is 13.3. The summed E-state index contributed by atoms with van der Waals surface area (Å²) in [7, 11) is 0. The van der Waals surface area contributed by atoms with Crippen LogP contribution in [-0.2, 0) is 21.7 Å². The monoisotopic (exact) mass is 427 g/mol. The molecule has 0 aromatic heterocycles. The summed E-state index contributed by atoms with van der Waals surface area (Å²) in [6.07, 6.45) is 0.363. The Hall–Kier alpha value is -2.86. The summed E-state index contributed by atoms with van der Waals surface area (Å²) in [5.74, 6) is -0.700. The zero-order valence-electron chi connectivity index (χ0n) is 17.4. The van der Waals surface area contributed by atoms with Gasteiger partial charge in [0.2, 0.25) is 5.91 Å². The lowest BCUT2D eigenvalue weighted by Crippen LogP contribution is -2.46. The summed E-state index contributed by atoms with van der Waals surface area (Å²) in [5.41, 5.74) is 0.442. The highest BCUT2D eigenvalue weighted by molar-refractivity contribution is 6.30. The van der Waals surface area contributed by atoms with Gasteiger partial charge in [-0.25, -0.2) is 4.79 Å². The molecule has 4 amide bonds. The highest BCUT2D eigenvalue weighted by Crippen LogP contribution is 2.33. The van der Waals surface area contributed by atoms with Crippen molar-refractivity contribution >= 4 is 29.4 Å². The minimum absolute atomic E-state index is 0.0781. The van der Waals surface area contributed by atoms with Crippen molar-refractivity contribution in [2.24, 2.45) is 0 Å². The largest absolute Gasteiger partial charge is 0.334 e. The molecule has 7 heteroatoms. The average molecular weight is 428 g/mol. The van der Waals surface area contributed by atoms with Gasteiger partial charge in [0.25, 0.3) is 5.91 Å². The Morgan fingerprint density at radius 3 is 2.30 bits per heavy atom. The minimum atomic E-state index is -1.19. The van der Waals surface area contributed by atoms with Gasteiger partial charge in [0.15, 0.2) is 0 Å². The number of hydrogen-bond acceptors (Lipinski definition) is 3. The smallest absolute Gasteiger partial charge is 0.325 e. The third-order valence-corrected chi connectivity index (χ3v) is 5.73. The van der Waals surface area contributed by atoms with Crippen molar-refractivity contribution in [1.29, 1.82) is 0 Å². The van der Waals surface area contributed by atoms with Crippen LogP contribution in [0.1, 0.15) is 38.3 Å². The molecule has 0 bridgehead atoms. The van der Waals surface area contributed by atoms with Crippen molar-refractivity contribution in [3.63, 3.8) is 0 Å². The first-order valence-electron chi connectivity index (χ1n) is 10.0. The van der Waals surface area contributed by atoms with Crippen LogP contribution in [0.4, 0.5) is 4.79 Å². The molecule has 0 aliphatic carbocycles. The standard InChI is InChI=1S/C23H26ClN3O3/c1-4-23(18-10-12-19(24)13-11-18)21(29)27(22(30)25-23)15-20(28)26(16(2)3)14-17-8-6-5-7-9-17/h5-13,16H,4,14-15H2,1-3H3,(H,25,30). The van der Waals surface area contributed by atoms with Gasteiger partial charge in [-0.3, -0.25) is 14.5 Å². The normalized spacial score (nSPS) is 18.6. The molecular weight excluding hydrogens is 402 g/mol. The van der Waals surface area contributed by atoms with Crippen LogP contribution in [0.25, 0.3) is 0 Å². The van der Waals surface area contributed by atoms with Crippen LogP contribution in [0.3, 0.4) is 0 Å². The Morgan fingerprint density at radius 1 is 1.10 bits per heavy atom. The van der Waals surface area contributed by atoms with Crippen LogP contribution in [0.2, 0.25) is 5.02 Å². The Kier molecular flexibility index (Phi) is 6.46. The molecule has 1 atom stereocenters. The Bertz CT molecular complexity index is 930. The van der Waals surface area contributed by atoms with Gasteiger partial charge in [-0.2, -0.15) is 0 Å². The van der Waals surface area contributed by atoms with E-state index in [1.54, 1.807) is 29.2 Å². The first-order valence-corrected chi connectivity index (χ1v) is 10.4. The number of amides is 4. The van der Waals surface area contributed by atoms with Crippen LogP contribution in [0, 0.1) is 0 Å². The number of nitrogens with one attached hydrogen (secondary N) is 1. The molecule has 0 spiro atoms. The third-order valence-electron chi connectivity index (χ3n) is 5.48. The SMILES string of the molecule is CCC1(c2ccc(Cl)cc2)NC(=O)N(CC(=O)N(Cc2ccccc2)C(C)C)C1=O. The Balaban J connectivity index is 1.81. The van der Waals surface area contributed by atoms with E-state index in [0.29, 0.717) is 23.6 Å². The number of halogens is 1. The lowest BCUT2D eigenvalue weighted by molar-refractivity contribution is -0.140. The van der Waals surface area contributed by atoms with Gasteiger partial charge in [-0.1, -0.05) is 61.0 Å². The molecule has 1 aliphatic rings. The van der Waals surface area contributed by atoms with Crippen LogP contribution in [-0.4, -0.2) is 40.2 Å². The molecular formula is C23H26ClN3O3. The van der Waals surface area contributed by atoms with Crippen molar-refractivity contribution in [1.82, 2.24) is 15.1 Å². The summed E-state index contributed by atoms with van der Waals surface area (Å²) >= 11 is 5.97. The summed E-state index contributed by atoms with van der Waals surface area (Å²) in [6.45, 7) is 5.77. The van der Waals surface area contributed by atoms with Gasteiger partial charge in [0.1, 0.15) is 12.1 Å². The van der Waals surface area contributed by atoms with Crippen molar-refractivity contribution in [3.8, 4) is 0 Å². The maximum Gasteiger partial charge on any atom is 0.325 e. The van der Waals surface area contributed by atoms with Crippen LogP contribution < -0.4 is 5.32 Å². The lowest BCUT2D eigenvalue weighted by Gasteiger charge is -2.29. The molecule has 3 rings (SSSR count). The predicted octanol–water partition coefficient (Wildman–Crippen LogP) is 3.93. The van der Waals surface area contributed by atoms with Gasteiger partial charge < -0.3 is 10.2 Å². The van der Waals surface area contributed by atoms with Crippen LogP contribution in [0.15, 0.2) is 54.6 Å². The van der Waals surface area contributed by atoms with E-state index < -0.39 is 17.5 Å². The predicted molar refractivity (Wildman–Crippen MR) is 116 cm³/mol. The fourth-order valence-corrected chi connectivity index (χ4v) is 3.83. The third kappa shape index (κ3) is 4.19. The van der Waals surface area contributed by atoms with Crippen molar-refractivity contribution in [3.05, 3.63) is 70.7 Å². The van der Waals surface area contributed by atoms with Gasteiger partial charge in [-0.05, 0) is 43.5 Å². The summed E-state index contributed by atoms with van der Waals surface area (Å²) in [6, 6.07) is 15.8. The molecule has 1 aliphatic heterocycles. The van der Waals surface area contributed by atoms with Crippen LogP contribution >= 0.6 is 11.6 Å². The molecule has 6 nitrogen and oxygen atoms in total. The zero-order chi connectivity index (χ0) is 21.9. The van der Waals surface area contributed by atoms with E-state index in [1.807, 2.05) is 51.1 Å². The Morgan fingerprint density at radius 2 is 1.73 bits per heavy atom. The number of nitrogens with zero attached hydrogens (tertiary/aromatic N) is 2. The molecule has 1 unspecified atom stereocenters. The molecule has 158 valence electrons. The summed E-state index contributed by atoms with van der Waals surface area (Å²) in [4.78, 5) is 41.7. The van der Waals surface area contributed by atoms with E-state index in [2.05, 4.69) is 5.32 Å². The number of hydrogen-bond donors (Lipinski definition) is 1. The molecule has 1 saturated heterocycles. The van der Waals surface area contributed by atoms with E-state index in [9.17, 15) is 14.4 Å². The number of benzene rings is 2. The number of urea groups is 1. The molecule has 2 aromatic rings. The molecule has 1 heterocycles. The highest BCUT2D eigenvalue weighted by atomic mass is 35.5. The summed E-state index contributed by atoms with van der Waals surface area (Å²) in [5, 5.41) is 3.34. The highest BCUT2D eigenvalue weighted by Gasteiger charge is 2.51. The second-order valence-electron chi connectivity index (χ2n) is 7.69. The van der Waals surface area contributed by atoms with Crippen LogP contribution in [0.5, 0.6) is 0 Å². The second kappa shape index (κ2) is 8.88. The average Bonchev–Trinajstić information content (AvgIpc) is 2.98. The van der Waals surface area contributed by atoms with Crippen molar-refractivity contribution in [2.75, 3.05) is 6.54 Å². The first kappa shape index (κ1) is 21.8. The first-order chi connectivity index (χ1) is 14.3. The van der Waals surface area contributed by atoms with E-state index >= 15 is 0 Å². The molecule has 1 fully saturated rings. The topological polar surface area (TPSA) is 69.7 Å². The van der Waals surface area contributed by atoms with Crippen molar-refractivity contribution in [2.45, 2.75) is 45.3 Å². The molecule has 30 heavy (non-hydrogen) atoms. The number of carbonyl (C=O) groups is 3.